The Morgan fingerprint density at radius 3 is 2.50 bits per heavy atom. The van der Waals surface area contributed by atoms with Gasteiger partial charge in [-0.3, -0.25) is 5.32 Å². The molecule has 0 bridgehead atoms. The minimum Gasteiger partial charge on any atom is -0.497 e. The molecule has 1 amide bonds. The first kappa shape index (κ1) is 18.5. The number of methoxy groups -OCH3 is 1. The first-order valence-electron chi connectivity index (χ1n) is 8.28. The van der Waals surface area contributed by atoms with Crippen LogP contribution in [0, 0.1) is 0 Å². The molecule has 0 saturated heterocycles. The maximum absolute atomic E-state index is 12.1. The lowest BCUT2D eigenvalue weighted by molar-refractivity contribution is 0.0634. The number of carbonyl (C=O) groups excluding carboxylic acids is 1. The Hall–Kier alpha value is -1.79. The Morgan fingerprint density at radius 2 is 1.96 bits per heavy atom. The average Bonchev–Trinajstić information content (AvgIpc) is 2.49. The Balaban J connectivity index is 2.29. The van der Waals surface area contributed by atoms with Gasteiger partial charge in [0.25, 0.3) is 0 Å². The molecule has 0 spiro atoms. The van der Waals surface area contributed by atoms with Gasteiger partial charge in [-0.15, -0.1) is 0 Å². The second kappa shape index (κ2) is 6.99. The van der Waals surface area contributed by atoms with E-state index in [-0.39, 0.29) is 6.10 Å². The highest BCUT2D eigenvalue weighted by atomic mass is 16.6. The van der Waals surface area contributed by atoms with Crippen molar-refractivity contribution in [2.24, 2.45) is 5.73 Å². The van der Waals surface area contributed by atoms with E-state index in [0.717, 1.165) is 5.56 Å². The molecule has 0 radical (unpaired) electrons. The molecular formula is C18H28N2O4. The normalized spacial score (nSPS) is 24.3. The monoisotopic (exact) mass is 336 g/mol. The highest BCUT2D eigenvalue weighted by Gasteiger charge is 2.35. The predicted octanol–water partition coefficient (Wildman–Crippen LogP) is 3.13. The number of aliphatic hydroxyl groups is 1. The lowest BCUT2D eigenvalue weighted by Crippen LogP contribution is -2.42. The van der Waals surface area contributed by atoms with Crippen LogP contribution >= 0.6 is 0 Å². The van der Waals surface area contributed by atoms with Crippen LogP contribution in [0.15, 0.2) is 18.2 Å². The number of carbonyl (C=O) groups is 1. The Labute approximate surface area is 143 Å². The maximum Gasteiger partial charge on any atom is 0.412 e. The summed E-state index contributed by atoms with van der Waals surface area (Å²) in [5, 5.41) is 12.6. The summed E-state index contributed by atoms with van der Waals surface area (Å²) in [5.74, 6) is 0.677. The van der Waals surface area contributed by atoms with E-state index < -0.39 is 17.2 Å². The van der Waals surface area contributed by atoms with Gasteiger partial charge in [-0.25, -0.2) is 4.79 Å². The molecule has 0 atom stereocenters. The van der Waals surface area contributed by atoms with Crippen LogP contribution in [0.5, 0.6) is 5.75 Å². The number of nitrogens with two attached hydrogens (primary N) is 1. The lowest BCUT2D eigenvalue weighted by atomic mass is 9.76. The number of amides is 1. The van der Waals surface area contributed by atoms with Crippen molar-refractivity contribution in [1.29, 1.82) is 0 Å². The van der Waals surface area contributed by atoms with Crippen molar-refractivity contribution in [2.75, 3.05) is 12.4 Å². The van der Waals surface area contributed by atoms with Crippen molar-refractivity contribution < 1.29 is 19.4 Å². The molecule has 0 aromatic heterocycles. The third-order valence-electron chi connectivity index (χ3n) is 4.25. The summed E-state index contributed by atoms with van der Waals surface area (Å²) in [4.78, 5) is 12.1. The Morgan fingerprint density at radius 1 is 1.33 bits per heavy atom. The fourth-order valence-corrected chi connectivity index (χ4v) is 2.97. The number of hydrogen-bond donors (Lipinski definition) is 3. The molecule has 2 rings (SSSR count). The van der Waals surface area contributed by atoms with Crippen molar-refractivity contribution in [3.05, 3.63) is 23.8 Å². The molecule has 0 heterocycles. The number of ether oxygens (including phenoxy) is 2. The van der Waals surface area contributed by atoms with Crippen molar-refractivity contribution >= 4 is 11.8 Å². The Kier molecular flexibility index (Phi) is 5.40. The molecule has 1 aliphatic carbocycles. The number of nitrogens with one attached hydrogen (secondary N) is 1. The van der Waals surface area contributed by atoms with Crippen molar-refractivity contribution in [3.8, 4) is 5.75 Å². The van der Waals surface area contributed by atoms with Gasteiger partial charge in [0.15, 0.2) is 0 Å². The summed E-state index contributed by atoms with van der Waals surface area (Å²) in [5.41, 5.74) is 6.84. The third kappa shape index (κ3) is 4.61. The SMILES string of the molecule is COc1ccc(NC(=O)OC(C)(C)C)c(C2(N)CCC(O)CC2)c1. The molecule has 0 unspecified atom stereocenters. The summed E-state index contributed by atoms with van der Waals surface area (Å²) in [7, 11) is 1.59. The van der Waals surface area contributed by atoms with E-state index in [1.807, 2.05) is 26.8 Å². The topological polar surface area (TPSA) is 93.8 Å². The third-order valence-corrected chi connectivity index (χ3v) is 4.25. The zero-order chi connectivity index (χ0) is 18.0. The van der Waals surface area contributed by atoms with Gasteiger partial charge in [0.05, 0.1) is 13.2 Å². The second-order valence-electron chi connectivity index (χ2n) is 7.43. The van der Waals surface area contributed by atoms with Crippen molar-refractivity contribution in [1.82, 2.24) is 0 Å². The van der Waals surface area contributed by atoms with Crippen LogP contribution in [0.25, 0.3) is 0 Å². The van der Waals surface area contributed by atoms with Crippen LogP contribution in [-0.4, -0.2) is 30.0 Å². The summed E-state index contributed by atoms with van der Waals surface area (Å²) < 4.78 is 10.6. The van der Waals surface area contributed by atoms with Gasteiger partial charge in [-0.05, 0) is 70.2 Å². The highest BCUT2D eigenvalue weighted by Crippen LogP contribution is 2.40. The summed E-state index contributed by atoms with van der Waals surface area (Å²) in [6.45, 7) is 5.44. The maximum atomic E-state index is 12.1. The minimum atomic E-state index is -0.613. The summed E-state index contributed by atoms with van der Waals surface area (Å²) in [6, 6.07) is 5.40. The van der Waals surface area contributed by atoms with Gasteiger partial charge < -0.3 is 20.3 Å². The lowest BCUT2D eigenvalue weighted by Gasteiger charge is -2.37. The van der Waals surface area contributed by atoms with Gasteiger partial charge >= 0.3 is 6.09 Å². The number of rotatable bonds is 3. The molecular weight excluding hydrogens is 308 g/mol. The van der Waals surface area contributed by atoms with E-state index in [4.69, 9.17) is 15.2 Å². The molecule has 134 valence electrons. The van der Waals surface area contributed by atoms with E-state index >= 15 is 0 Å². The fraction of sp³-hybridized carbons (Fsp3) is 0.611. The molecule has 1 aromatic rings. The molecule has 6 nitrogen and oxygen atoms in total. The quantitative estimate of drug-likeness (QED) is 0.788. The number of aliphatic hydroxyl groups excluding tert-OH is 1. The van der Waals surface area contributed by atoms with E-state index in [2.05, 4.69) is 5.32 Å². The van der Waals surface area contributed by atoms with Gasteiger partial charge in [-0.2, -0.15) is 0 Å². The van der Waals surface area contributed by atoms with Crippen LogP contribution in [0.1, 0.15) is 52.0 Å². The zero-order valence-electron chi connectivity index (χ0n) is 14.9. The van der Waals surface area contributed by atoms with Crippen molar-refractivity contribution in [2.45, 2.75) is 63.7 Å². The Bertz CT molecular complexity index is 587. The summed E-state index contributed by atoms with van der Waals surface area (Å²) in [6.07, 6.45) is 1.73. The van der Waals surface area contributed by atoms with E-state index in [1.54, 1.807) is 19.2 Å². The van der Waals surface area contributed by atoms with Crippen LogP contribution in [0.2, 0.25) is 0 Å². The highest BCUT2D eigenvalue weighted by molar-refractivity contribution is 5.86. The fourth-order valence-electron chi connectivity index (χ4n) is 2.97. The molecule has 6 heteroatoms. The van der Waals surface area contributed by atoms with Crippen LogP contribution in [-0.2, 0) is 10.3 Å². The van der Waals surface area contributed by atoms with Gasteiger partial charge in [0, 0.05) is 11.2 Å². The zero-order valence-corrected chi connectivity index (χ0v) is 14.9. The summed E-state index contributed by atoms with van der Waals surface area (Å²) >= 11 is 0. The van der Waals surface area contributed by atoms with Crippen molar-refractivity contribution in [3.63, 3.8) is 0 Å². The predicted molar refractivity (Wildman–Crippen MR) is 93.2 cm³/mol. The minimum absolute atomic E-state index is 0.311. The van der Waals surface area contributed by atoms with Crippen LogP contribution in [0.3, 0.4) is 0 Å². The van der Waals surface area contributed by atoms with E-state index in [0.29, 0.717) is 37.1 Å². The van der Waals surface area contributed by atoms with Gasteiger partial charge in [0.2, 0.25) is 0 Å². The number of anilines is 1. The molecule has 1 fully saturated rings. The first-order chi connectivity index (χ1) is 11.1. The number of benzene rings is 1. The van der Waals surface area contributed by atoms with Gasteiger partial charge in [-0.1, -0.05) is 0 Å². The molecule has 0 aliphatic heterocycles. The van der Waals surface area contributed by atoms with E-state index in [1.165, 1.54) is 0 Å². The largest absolute Gasteiger partial charge is 0.497 e. The van der Waals surface area contributed by atoms with Crippen LogP contribution < -0.4 is 15.8 Å². The van der Waals surface area contributed by atoms with E-state index in [9.17, 15) is 9.90 Å². The average molecular weight is 336 g/mol. The molecule has 24 heavy (non-hydrogen) atoms. The molecule has 4 N–H and O–H groups in total. The van der Waals surface area contributed by atoms with Gasteiger partial charge in [0.1, 0.15) is 11.4 Å². The number of hydrogen-bond acceptors (Lipinski definition) is 5. The standard InChI is InChI=1S/C18H28N2O4/c1-17(2,3)24-16(22)20-15-6-5-13(23-4)11-14(15)18(19)9-7-12(21)8-10-18/h5-6,11-12,21H,7-10,19H2,1-4H3,(H,20,22). The molecule has 1 saturated carbocycles. The molecule has 1 aromatic carbocycles. The first-order valence-corrected chi connectivity index (χ1v) is 8.28. The van der Waals surface area contributed by atoms with Crippen LogP contribution in [0.4, 0.5) is 10.5 Å². The molecule has 1 aliphatic rings. The smallest absolute Gasteiger partial charge is 0.412 e. The second-order valence-corrected chi connectivity index (χ2v) is 7.43.